The summed E-state index contributed by atoms with van der Waals surface area (Å²) in [6.07, 6.45) is 0.518. The van der Waals surface area contributed by atoms with Crippen LogP contribution in [0.3, 0.4) is 0 Å². The zero-order valence-corrected chi connectivity index (χ0v) is 12.4. The first-order chi connectivity index (χ1) is 9.02. The molecule has 0 aliphatic carbocycles. The Bertz CT molecular complexity index is 387. The molecular formula is C15H25N3O. The van der Waals surface area contributed by atoms with Crippen LogP contribution in [0.25, 0.3) is 0 Å². The second-order valence-corrected chi connectivity index (χ2v) is 5.05. The molecular weight excluding hydrogens is 238 g/mol. The number of rotatable bonds is 7. The van der Waals surface area contributed by atoms with Crippen LogP contribution >= 0.6 is 0 Å². The minimum absolute atomic E-state index is 0.0737. The van der Waals surface area contributed by atoms with Crippen molar-refractivity contribution in [1.29, 1.82) is 0 Å². The summed E-state index contributed by atoms with van der Waals surface area (Å²) in [5, 5.41) is 6.03. The Hall–Kier alpha value is -1.55. The third-order valence-corrected chi connectivity index (χ3v) is 3.04. The van der Waals surface area contributed by atoms with E-state index in [0.717, 1.165) is 18.8 Å². The molecule has 4 heteroatoms. The number of nitrogens with zero attached hydrogens (tertiary/aromatic N) is 1. The van der Waals surface area contributed by atoms with Crippen molar-refractivity contribution < 1.29 is 4.79 Å². The predicted octanol–water partition coefficient (Wildman–Crippen LogP) is 1.76. The molecule has 0 saturated heterocycles. The SMILES string of the molecule is CNC(=O)CCN(C)c1ccc(CNC(C)C)cc1. The standard InChI is InChI=1S/C15H25N3O/c1-12(2)17-11-13-5-7-14(8-6-13)18(4)10-9-15(19)16-3/h5-8,12,17H,9-11H2,1-4H3,(H,16,19). The Morgan fingerprint density at radius 1 is 1.26 bits per heavy atom. The molecule has 0 atom stereocenters. The normalized spacial score (nSPS) is 10.6. The third-order valence-electron chi connectivity index (χ3n) is 3.04. The number of anilines is 1. The second kappa shape index (κ2) is 7.79. The van der Waals surface area contributed by atoms with Gasteiger partial charge in [0.2, 0.25) is 5.91 Å². The van der Waals surface area contributed by atoms with Crippen molar-refractivity contribution in [1.82, 2.24) is 10.6 Å². The minimum atomic E-state index is 0.0737. The molecule has 1 aromatic carbocycles. The Balaban J connectivity index is 2.48. The van der Waals surface area contributed by atoms with Crippen molar-refractivity contribution in [3.63, 3.8) is 0 Å². The molecule has 106 valence electrons. The van der Waals surface area contributed by atoms with Gasteiger partial charge in [-0.2, -0.15) is 0 Å². The highest BCUT2D eigenvalue weighted by Crippen LogP contribution is 2.14. The summed E-state index contributed by atoms with van der Waals surface area (Å²) in [5.41, 5.74) is 2.41. The van der Waals surface area contributed by atoms with Gasteiger partial charge in [-0.1, -0.05) is 26.0 Å². The van der Waals surface area contributed by atoms with E-state index in [4.69, 9.17) is 0 Å². The second-order valence-electron chi connectivity index (χ2n) is 5.05. The highest BCUT2D eigenvalue weighted by Gasteiger charge is 2.04. The topological polar surface area (TPSA) is 44.4 Å². The van der Waals surface area contributed by atoms with Gasteiger partial charge in [-0.15, -0.1) is 0 Å². The van der Waals surface area contributed by atoms with Crippen LogP contribution in [0, 0.1) is 0 Å². The van der Waals surface area contributed by atoms with Crippen molar-refractivity contribution in [2.45, 2.75) is 32.9 Å². The van der Waals surface area contributed by atoms with Gasteiger partial charge < -0.3 is 15.5 Å². The van der Waals surface area contributed by atoms with Gasteiger partial charge in [0.05, 0.1) is 0 Å². The third kappa shape index (κ3) is 5.75. The molecule has 1 amide bonds. The number of carbonyl (C=O) groups excluding carboxylic acids is 1. The maximum absolute atomic E-state index is 11.2. The van der Waals surface area contributed by atoms with E-state index in [1.165, 1.54) is 5.56 Å². The summed E-state index contributed by atoms with van der Waals surface area (Å²) in [4.78, 5) is 13.3. The van der Waals surface area contributed by atoms with Gasteiger partial charge >= 0.3 is 0 Å². The average Bonchev–Trinajstić information content (AvgIpc) is 2.42. The Kier molecular flexibility index (Phi) is 6.36. The molecule has 0 aliphatic rings. The van der Waals surface area contributed by atoms with Crippen LogP contribution in [0.1, 0.15) is 25.8 Å². The van der Waals surface area contributed by atoms with Gasteiger partial charge in [0.1, 0.15) is 0 Å². The van der Waals surface area contributed by atoms with E-state index >= 15 is 0 Å². The number of carbonyl (C=O) groups is 1. The molecule has 0 unspecified atom stereocenters. The summed E-state index contributed by atoms with van der Waals surface area (Å²) in [6, 6.07) is 8.94. The van der Waals surface area contributed by atoms with Crippen LogP contribution in [-0.2, 0) is 11.3 Å². The first kappa shape index (κ1) is 15.5. The van der Waals surface area contributed by atoms with Gasteiger partial charge in [0.25, 0.3) is 0 Å². The van der Waals surface area contributed by atoms with Gasteiger partial charge in [-0.3, -0.25) is 4.79 Å². The van der Waals surface area contributed by atoms with Crippen LogP contribution in [0.2, 0.25) is 0 Å². The number of nitrogens with one attached hydrogen (secondary N) is 2. The maximum Gasteiger partial charge on any atom is 0.221 e. The van der Waals surface area contributed by atoms with Crippen molar-refractivity contribution in [3.8, 4) is 0 Å². The van der Waals surface area contributed by atoms with E-state index in [9.17, 15) is 4.79 Å². The van der Waals surface area contributed by atoms with Crippen LogP contribution < -0.4 is 15.5 Å². The van der Waals surface area contributed by atoms with Crippen LogP contribution in [0.15, 0.2) is 24.3 Å². The number of benzene rings is 1. The zero-order chi connectivity index (χ0) is 14.3. The van der Waals surface area contributed by atoms with E-state index in [0.29, 0.717) is 12.5 Å². The van der Waals surface area contributed by atoms with E-state index in [1.54, 1.807) is 7.05 Å². The lowest BCUT2D eigenvalue weighted by molar-refractivity contribution is -0.120. The summed E-state index contributed by atoms with van der Waals surface area (Å²) in [5.74, 6) is 0.0737. The zero-order valence-electron chi connectivity index (χ0n) is 12.4. The largest absolute Gasteiger partial charge is 0.374 e. The first-order valence-corrected chi connectivity index (χ1v) is 6.77. The Morgan fingerprint density at radius 2 is 1.89 bits per heavy atom. The molecule has 0 fully saturated rings. The van der Waals surface area contributed by atoms with Crippen molar-refractivity contribution in [3.05, 3.63) is 29.8 Å². The number of amides is 1. The summed E-state index contributed by atoms with van der Waals surface area (Å²) >= 11 is 0. The summed E-state index contributed by atoms with van der Waals surface area (Å²) in [7, 11) is 3.67. The molecule has 0 saturated carbocycles. The fraction of sp³-hybridized carbons (Fsp3) is 0.533. The first-order valence-electron chi connectivity index (χ1n) is 6.77. The van der Waals surface area contributed by atoms with Crippen LogP contribution in [0.4, 0.5) is 5.69 Å². The fourth-order valence-electron chi connectivity index (χ4n) is 1.71. The quantitative estimate of drug-likeness (QED) is 0.788. The van der Waals surface area contributed by atoms with Gasteiger partial charge in [0, 0.05) is 45.3 Å². The molecule has 1 aromatic rings. The molecule has 0 aromatic heterocycles. The Morgan fingerprint density at radius 3 is 2.42 bits per heavy atom. The number of hydrogen-bond donors (Lipinski definition) is 2. The van der Waals surface area contributed by atoms with Gasteiger partial charge in [0.15, 0.2) is 0 Å². The molecule has 0 radical (unpaired) electrons. The molecule has 2 N–H and O–H groups in total. The van der Waals surface area contributed by atoms with E-state index in [1.807, 2.05) is 7.05 Å². The molecule has 0 aliphatic heterocycles. The summed E-state index contributed by atoms with van der Waals surface area (Å²) in [6.45, 7) is 5.89. The van der Waals surface area contributed by atoms with E-state index in [-0.39, 0.29) is 5.91 Å². The van der Waals surface area contributed by atoms with Crippen molar-refractivity contribution >= 4 is 11.6 Å². The molecule has 0 bridgehead atoms. The van der Waals surface area contributed by atoms with Crippen LogP contribution in [0.5, 0.6) is 0 Å². The molecule has 0 spiro atoms. The van der Waals surface area contributed by atoms with E-state index in [2.05, 4.69) is 53.6 Å². The number of hydrogen-bond acceptors (Lipinski definition) is 3. The maximum atomic E-state index is 11.2. The molecule has 19 heavy (non-hydrogen) atoms. The highest BCUT2D eigenvalue weighted by molar-refractivity contribution is 5.76. The van der Waals surface area contributed by atoms with E-state index < -0.39 is 0 Å². The highest BCUT2D eigenvalue weighted by atomic mass is 16.1. The monoisotopic (exact) mass is 263 g/mol. The lowest BCUT2D eigenvalue weighted by Crippen LogP contribution is -2.26. The van der Waals surface area contributed by atoms with Gasteiger partial charge in [-0.05, 0) is 17.7 Å². The van der Waals surface area contributed by atoms with Crippen LogP contribution in [-0.4, -0.2) is 32.6 Å². The Labute approximate surface area is 116 Å². The minimum Gasteiger partial charge on any atom is -0.374 e. The molecule has 1 rings (SSSR count). The van der Waals surface area contributed by atoms with Crippen molar-refractivity contribution in [2.24, 2.45) is 0 Å². The molecule has 0 heterocycles. The smallest absolute Gasteiger partial charge is 0.221 e. The van der Waals surface area contributed by atoms with Gasteiger partial charge in [-0.25, -0.2) is 0 Å². The summed E-state index contributed by atoms with van der Waals surface area (Å²) < 4.78 is 0. The van der Waals surface area contributed by atoms with Crippen molar-refractivity contribution in [2.75, 3.05) is 25.5 Å². The lowest BCUT2D eigenvalue weighted by atomic mass is 10.2. The molecule has 4 nitrogen and oxygen atoms in total. The predicted molar refractivity (Wildman–Crippen MR) is 80.4 cm³/mol. The average molecular weight is 263 g/mol. The lowest BCUT2D eigenvalue weighted by Gasteiger charge is -2.19. The fourth-order valence-corrected chi connectivity index (χ4v) is 1.71.